The van der Waals surface area contributed by atoms with E-state index in [1.54, 1.807) is 38.5 Å². The van der Waals surface area contributed by atoms with Gasteiger partial charge in [0.25, 0.3) is 0 Å². The van der Waals surface area contributed by atoms with Crippen molar-refractivity contribution in [2.45, 2.75) is 32.1 Å². The van der Waals surface area contributed by atoms with Gasteiger partial charge >= 0.3 is 0 Å². The molecular weight excluding hydrogens is 342 g/mol. The molecule has 0 saturated carbocycles. The van der Waals surface area contributed by atoms with Crippen molar-refractivity contribution in [3.05, 3.63) is 59.7 Å². The summed E-state index contributed by atoms with van der Waals surface area (Å²) in [6.07, 6.45) is 3.17. The maximum atomic E-state index is 12.1. The molecule has 1 amide bonds. The summed E-state index contributed by atoms with van der Waals surface area (Å²) in [4.78, 5) is 24.0. The lowest BCUT2D eigenvalue weighted by molar-refractivity contribution is -0.121. The first-order chi connectivity index (χ1) is 13.1. The molecule has 0 bridgehead atoms. The first-order valence-electron chi connectivity index (χ1n) is 9.20. The largest absolute Gasteiger partial charge is 0.497 e. The van der Waals surface area contributed by atoms with Crippen LogP contribution in [0.3, 0.4) is 0 Å². The van der Waals surface area contributed by atoms with Crippen molar-refractivity contribution in [2.24, 2.45) is 0 Å². The van der Waals surface area contributed by atoms with Crippen LogP contribution in [0.25, 0.3) is 0 Å². The minimum atomic E-state index is -0.0887. The Bertz CT molecular complexity index is 740. The number of Topliss-reactive ketones (excluding diaryl/α,β-unsaturated/α-hetero) is 1. The van der Waals surface area contributed by atoms with Crippen LogP contribution in [-0.2, 0) is 11.2 Å². The number of hydrogen-bond acceptors (Lipinski definition) is 4. The van der Waals surface area contributed by atoms with Gasteiger partial charge in [0.2, 0.25) is 5.91 Å². The standard InChI is InChI=1S/C22H27NO4/c1-26-19-12-10-17(11-13-19)20(24)14-15-22(25)23-16-6-5-8-18-7-3-4-9-21(18)27-2/h3-4,7,9-13H,5-6,8,14-16H2,1-2H3,(H,23,25). The van der Waals surface area contributed by atoms with E-state index in [1.807, 2.05) is 18.2 Å². The Morgan fingerprint density at radius 1 is 0.889 bits per heavy atom. The number of ketones is 1. The van der Waals surface area contributed by atoms with Crippen molar-refractivity contribution in [1.82, 2.24) is 5.32 Å². The number of rotatable bonds is 11. The first kappa shape index (κ1) is 20.5. The van der Waals surface area contributed by atoms with Crippen molar-refractivity contribution in [1.29, 1.82) is 0 Å². The van der Waals surface area contributed by atoms with Gasteiger partial charge < -0.3 is 14.8 Å². The maximum absolute atomic E-state index is 12.1. The fourth-order valence-electron chi connectivity index (χ4n) is 2.81. The third-order valence-corrected chi connectivity index (χ3v) is 4.38. The summed E-state index contributed by atoms with van der Waals surface area (Å²) >= 11 is 0. The molecule has 144 valence electrons. The van der Waals surface area contributed by atoms with E-state index in [0.717, 1.165) is 25.0 Å². The number of carbonyl (C=O) groups excluding carboxylic acids is 2. The second kappa shape index (κ2) is 11.0. The Kier molecular flexibility index (Phi) is 8.36. The predicted molar refractivity (Wildman–Crippen MR) is 106 cm³/mol. The van der Waals surface area contributed by atoms with Gasteiger partial charge in [-0.1, -0.05) is 18.2 Å². The van der Waals surface area contributed by atoms with Gasteiger partial charge in [-0.15, -0.1) is 0 Å². The number of para-hydroxylation sites is 1. The maximum Gasteiger partial charge on any atom is 0.220 e. The Balaban J connectivity index is 1.62. The van der Waals surface area contributed by atoms with Gasteiger partial charge in [0.05, 0.1) is 14.2 Å². The van der Waals surface area contributed by atoms with E-state index in [9.17, 15) is 9.59 Å². The molecule has 5 nitrogen and oxygen atoms in total. The van der Waals surface area contributed by atoms with Crippen LogP contribution in [0.4, 0.5) is 0 Å². The lowest BCUT2D eigenvalue weighted by Crippen LogP contribution is -2.24. The molecule has 0 aliphatic carbocycles. The molecule has 0 saturated heterocycles. The first-order valence-corrected chi connectivity index (χ1v) is 9.20. The quantitative estimate of drug-likeness (QED) is 0.483. The monoisotopic (exact) mass is 369 g/mol. The number of aryl methyl sites for hydroxylation is 1. The molecule has 2 aromatic rings. The van der Waals surface area contributed by atoms with E-state index in [-0.39, 0.29) is 24.5 Å². The molecule has 0 radical (unpaired) electrons. The Morgan fingerprint density at radius 2 is 1.63 bits per heavy atom. The summed E-state index contributed by atoms with van der Waals surface area (Å²) in [7, 11) is 3.25. The fourth-order valence-corrected chi connectivity index (χ4v) is 2.81. The molecular formula is C22H27NO4. The van der Waals surface area contributed by atoms with E-state index >= 15 is 0 Å². The van der Waals surface area contributed by atoms with Crippen LogP contribution in [-0.4, -0.2) is 32.5 Å². The molecule has 27 heavy (non-hydrogen) atoms. The van der Waals surface area contributed by atoms with Gasteiger partial charge in [-0.25, -0.2) is 0 Å². The molecule has 0 heterocycles. The molecule has 2 rings (SSSR count). The summed E-state index contributed by atoms with van der Waals surface area (Å²) in [6.45, 7) is 0.616. The highest BCUT2D eigenvalue weighted by Crippen LogP contribution is 2.19. The molecule has 1 N–H and O–H groups in total. The molecule has 5 heteroatoms. The average molecular weight is 369 g/mol. The van der Waals surface area contributed by atoms with Crippen LogP contribution in [0.1, 0.15) is 41.6 Å². The highest BCUT2D eigenvalue weighted by Gasteiger charge is 2.09. The lowest BCUT2D eigenvalue weighted by Gasteiger charge is -2.08. The zero-order valence-electron chi connectivity index (χ0n) is 16.0. The smallest absolute Gasteiger partial charge is 0.220 e. The Hall–Kier alpha value is -2.82. The number of nitrogens with one attached hydrogen (secondary N) is 1. The highest BCUT2D eigenvalue weighted by atomic mass is 16.5. The van der Waals surface area contributed by atoms with Gasteiger partial charge in [0.1, 0.15) is 11.5 Å². The van der Waals surface area contributed by atoms with Crippen molar-refractivity contribution in [3.63, 3.8) is 0 Å². The van der Waals surface area contributed by atoms with E-state index < -0.39 is 0 Å². The number of amides is 1. The Morgan fingerprint density at radius 3 is 2.33 bits per heavy atom. The topological polar surface area (TPSA) is 64.6 Å². The van der Waals surface area contributed by atoms with Crippen molar-refractivity contribution < 1.29 is 19.1 Å². The normalized spacial score (nSPS) is 10.3. The minimum absolute atomic E-state index is 0.0380. The number of unbranched alkanes of at least 4 members (excludes halogenated alkanes) is 1. The fraction of sp³-hybridized carbons (Fsp3) is 0.364. The van der Waals surface area contributed by atoms with Crippen LogP contribution >= 0.6 is 0 Å². The van der Waals surface area contributed by atoms with Gasteiger partial charge in [0, 0.05) is 24.9 Å². The van der Waals surface area contributed by atoms with Gasteiger partial charge in [-0.05, 0) is 55.2 Å². The third-order valence-electron chi connectivity index (χ3n) is 4.38. The van der Waals surface area contributed by atoms with Crippen LogP contribution in [0.5, 0.6) is 11.5 Å². The number of hydrogen-bond donors (Lipinski definition) is 1. The number of ether oxygens (including phenoxy) is 2. The molecule has 0 unspecified atom stereocenters. The number of benzene rings is 2. The molecule has 0 aliphatic rings. The number of methoxy groups -OCH3 is 2. The molecule has 0 atom stereocenters. The van der Waals surface area contributed by atoms with Gasteiger partial charge in [-0.2, -0.15) is 0 Å². The second-order valence-corrected chi connectivity index (χ2v) is 6.27. The molecule has 2 aromatic carbocycles. The van der Waals surface area contributed by atoms with Crippen LogP contribution in [0.15, 0.2) is 48.5 Å². The molecule has 0 aromatic heterocycles. The molecule has 0 spiro atoms. The highest BCUT2D eigenvalue weighted by molar-refractivity contribution is 5.98. The van der Waals surface area contributed by atoms with E-state index in [1.165, 1.54) is 5.56 Å². The second-order valence-electron chi connectivity index (χ2n) is 6.27. The van der Waals surface area contributed by atoms with E-state index in [4.69, 9.17) is 9.47 Å². The summed E-state index contributed by atoms with van der Waals surface area (Å²) in [5, 5.41) is 2.88. The summed E-state index contributed by atoms with van der Waals surface area (Å²) in [5.74, 6) is 1.48. The van der Waals surface area contributed by atoms with Crippen molar-refractivity contribution >= 4 is 11.7 Å². The zero-order chi connectivity index (χ0) is 19.5. The minimum Gasteiger partial charge on any atom is -0.497 e. The van der Waals surface area contributed by atoms with Gasteiger partial charge in [0.15, 0.2) is 5.78 Å². The van der Waals surface area contributed by atoms with E-state index in [2.05, 4.69) is 11.4 Å². The summed E-state index contributed by atoms with van der Waals surface area (Å²) in [6, 6.07) is 14.9. The summed E-state index contributed by atoms with van der Waals surface area (Å²) < 4.78 is 10.4. The molecule has 0 fully saturated rings. The van der Waals surface area contributed by atoms with Crippen LogP contribution in [0, 0.1) is 0 Å². The van der Waals surface area contributed by atoms with Crippen molar-refractivity contribution in [2.75, 3.05) is 20.8 Å². The SMILES string of the molecule is COc1ccc(C(=O)CCC(=O)NCCCCc2ccccc2OC)cc1. The van der Waals surface area contributed by atoms with E-state index in [0.29, 0.717) is 17.9 Å². The predicted octanol–water partition coefficient (Wildman–Crippen LogP) is 3.81. The Labute approximate surface area is 160 Å². The lowest BCUT2D eigenvalue weighted by atomic mass is 10.1. The molecule has 0 aliphatic heterocycles. The van der Waals surface area contributed by atoms with Crippen LogP contribution in [0.2, 0.25) is 0 Å². The zero-order valence-corrected chi connectivity index (χ0v) is 16.0. The van der Waals surface area contributed by atoms with Crippen LogP contribution < -0.4 is 14.8 Å². The van der Waals surface area contributed by atoms with Gasteiger partial charge in [-0.3, -0.25) is 9.59 Å². The number of carbonyl (C=O) groups is 2. The third kappa shape index (κ3) is 6.77. The average Bonchev–Trinajstić information content (AvgIpc) is 2.72. The summed E-state index contributed by atoms with van der Waals surface area (Å²) in [5.41, 5.74) is 1.77. The van der Waals surface area contributed by atoms with Crippen molar-refractivity contribution in [3.8, 4) is 11.5 Å².